The van der Waals surface area contributed by atoms with Crippen LogP contribution in [0.5, 0.6) is 0 Å². The Kier molecular flexibility index (Phi) is 7.26. The molecule has 2 aliphatic rings. The van der Waals surface area contributed by atoms with Crippen LogP contribution in [0.2, 0.25) is 0 Å². The predicted molar refractivity (Wildman–Crippen MR) is 147 cm³/mol. The van der Waals surface area contributed by atoms with Crippen molar-refractivity contribution in [3.63, 3.8) is 0 Å². The largest absolute Gasteiger partial charge is 0.369 e. The van der Waals surface area contributed by atoms with Gasteiger partial charge in [0.15, 0.2) is 0 Å². The van der Waals surface area contributed by atoms with Crippen molar-refractivity contribution in [3.05, 3.63) is 78.2 Å². The zero-order valence-corrected chi connectivity index (χ0v) is 21.7. The van der Waals surface area contributed by atoms with Gasteiger partial charge in [-0.3, -0.25) is 14.6 Å². The Morgan fingerprint density at radius 1 is 1.05 bits per heavy atom. The standard InChI is InChI=1S/C30H36FN5O/c1-30(2,31)21-35-17-15-34(16-18-35)19-22-3-7-24(8-4-22)26-11-13-33-29-27(26)12-14-36(29)20-23-5-9-25(10-6-23)28(32)37/h3-9,11-14,25H,10,15-21H2,1-2H3,(H2,32,37). The maximum absolute atomic E-state index is 14.0. The van der Waals surface area contributed by atoms with Crippen LogP contribution in [-0.2, 0) is 17.9 Å². The third-order valence-corrected chi connectivity index (χ3v) is 7.29. The van der Waals surface area contributed by atoms with Crippen molar-refractivity contribution in [2.45, 2.75) is 39.0 Å². The molecule has 1 aromatic carbocycles. The third kappa shape index (κ3) is 6.17. The highest BCUT2D eigenvalue weighted by Crippen LogP contribution is 2.29. The van der Waals surface area contributed by atoms with Gasteiger partial charge < -0.3 is 10.3 Å². The summed E-state index contributed by atoms with van der Waals surface area (Å²) in [6.07, 6.45) is 10.6. The van der Waals surface area contributed by atoms with Crippen LogP contribution in [0.1, 0.15) is 25.8 Å². The molecule has 1 aliphatic carbocycles. The summed E-state index contributed by atoms with van der Waals surface area (Å²) >= 11 is 0. The maximum atomic E-state index is 14.0. The Morgan fingerprint density at radius 2 is 1.78 bits per heavy atom. The van der Waals surface area contributed by atoms with E-state index in [1.165, 1.54) is 16.7 Å². The van der Waals surface area contributed by atoms with E-state index >= 15 is 0 Å². The number of pyridine rings is 1. The first kappa shape index (κ1) is 25.4. The predicted octanol–water partition coefficient (Wildman–Crippen LogP) is 4.56. The molecule has 0 bridgehead atoms. The Labute approximate surface area is 218 Å². The second-order valence-electron chi connectivity index (χ2n) is 10.9. The summed E-state index contributed by atoms with van der Waals surface area (Å²) in [5.74, 6) is -0.494. The van der Waals surface area contributed by atoms with E-state index in [1.807, 2.05) is 18.3 Å². The summed E-state index contributed by atoms with van der Waals surface area (Å²) < 4.78 is 16.1. The van der Waals surface area contributed by atoms with Gasteiger partial charge in [0.05, 0.1) is 5.92 Å². The normalized spacial score (nSPS) is 19.3. The number of rotatable bonds is 8. The number of nitrogens with two attached hydrogens (primary N) is 1. The summed E-state index contributed by atoms with van der Waals surface area (Å²) in [5.41, 5.74) is 10.0. The van der Waals surface area contributed by atoms with Crippen LogP contribution >= 0.6 is 0 Å². The van der Waals surface area contributed by atoms with E-state index in [0.717, 1.165) is 49.3 Å². The highest BCUT2D eigenvalue weighted by Gasteiger charge is 2.24. The Balaban J connectivity index is 1.24. The number of hydrogen-bond acceptors (Lipinski definition) is 4. The number of alkyl halides is 1. The van der Waals surface area contributed by atoms with E-state index in [1.54, 1.807) is 13.8 Å². The molecule has 0 spiro atoms. The number of halogens is 1. The number of piperazine rings is 1. The summed E-state index contributed by atoms with van der Waals surface area (Å²) in [4.78, 5) is 20.7. The lowest BCUT2D eigenvalue weighted by atomic mass is 9.96. The molecule has 6 nitrogen and oxygen atoms in total. The van der Waals surface area contributed by atoms with Crippen molar-refractivity contribution < 1.29 is 9.18 Å². The van der Waals surface area contributed by atoms with Crippen LogP contribution in [0.3, 0.4) is 0 Å². The summed E-state index contributed by atoms with van der Waals surface area (Å²) in [6.45, 7) is 9.18. The number of aromatic nitrogens is 2. The molecule has 1 fully saturated rings. The monoisotopic (exact) mass is 501 g/mol. The zero-order valence-electron chi connectivity index (χ0n) is 21.7. The molecule has 37 heavy (non-hydrogen) atoms. The highest BCUT2D eigenvalue weighted by atomic mass is 19.1. The number of fused-ring (bicyclic) bond motifs is 1. The number of carbonyl (C=O) groups is 1. The van der Waals surface area contributed by atoms with Crippen LogP contribution in [0, 0.1) is 5.92 Å². The molecule has 194 valence electrons. The SMILES string of the molecule is CC(C)(F)CN1CCN(Cc2ccc(-c3ccnc4c3ccn4CC3=CCC(C(N)=O)C=C3)cc2)CC1. The van der Waals surface area contributed by atoms with Gasteiger partial charge in [0.1, 0.15) is 11.3 Å². The number of hydrogen-bond donors (Lipinski definition) is 1. The molecule has 1 aliphatic heterocycles. The van der Waals surface area contributed by atoms with Crippen LogP contribution in [-0.4, -0.2) is 63.7 Å². The lowest BCUT2D eigenvalue weighted by molar-refractivity contribution is -0.120. The van der Waals surface area contributed by atoms with Gasteiger partial charge in [0, 0.05) is 63.6 Å². The van der Waals surface area contributed by atoms with Crippen LogP contribution in [0.15, 0.2) is 72.6 Å². The lowest BCUT2D eigenvalue weighted by Gasteiger charge is -2.36. The second kappa shape index (κ2) is 10.6. The van der Waals surface area contributed by atoms with Gasteiger partial charge in [-0.05, 0) is 54.7 Å². The fraction of sp³-hybridized carbons (Fsp3) is 0.400. The Hall–Kier alpha value is -3.29. The Bertz CT molecular complexity index is 1310. The van der Waals surface area contributed by atoms with Crippen molar-refractivity contribution in [2.24, 2.45) is 11.7 Å². The smallest absolute Gasteiger partial charge is 0.224 e. The minimum Gasteiger partial charge on any atom is -0.369 e. The average molecular weight is 502 g/mol. The maximum Gasteiger partial charge on any atom is 0.224 e. The summed E-state index contributed by atoms with van der Waals surface area (Å²) in [6, 6.07) is 13.0. The third-order valence-electron chi connectivity index (χ3n) is 7.29. The first-order chi connectivity index (χ1) is 17.7. The molecule has 1 saturated heterocycles. The van der Waals surface area contributed by atoms with Crippen molar-refractivity contribution in [3.8, 4) is 11.1 Å². The van der Waals surface area contributed by atoms with Gasteiger partial charge in [-0.1, -0.05) is 42.5 Å². The van der Waals surface area contributed by atoms with Gasteiger partial charge in [-0.2, -0.15) is 0 Å². The molecule has 0 radical (unpaired) electrons. The fourth-order valence-corrected chi connectivity index (χ4v) is 5.34. The minimum absolute atomic E-state index is 0.212. The first-order valence-corrected chi connectivity index (χ1v) is 13.1. The van der Waals surface area contributed by atoms with Gasteiger partial charge in [-0.25, -0.2) is 9.37 Å². The number of carbonyl (C=O) groups excluding carboxylic acids is 1. The van der Waals surface area contributed by atoms with E-state index in [2.05, 4.69) is 68.0 Å². The number of allylic oxidation sites excluding steroid dienone is 3. The molecule has 1 atom stereocenters. The van der Waals surface area contributed by atoms with E-state index in [-0.39, 0.29) is 11.8 Å². The number of nitrogens with zero attached hydrogens (tertiary/aromatic N) is 4. The quantitative estimate of drug-likeness (QED) is 0.492. The molecule has 2 N–H and O–H groups in total. The second-order valence-corrected chi connectivity index (χ2v) is 10.9. The van der Waals surface area contributed by atoms with Gasteiger partial charge in [-0.15, -0.1) is 0 Å². The van der Waals surface area contributed by atoms with E-state index in [0.29, 0.717) is 19.5 Å². The van der Waals surface area contributed by atoms with Gasteiger partial charge >= 0.3 is 0 Å². The van der Waals surface area contributed by atoms with Gasteiger partial charge in [0.25, 0.3) is 0 Å². The molecule has 5 rings (SSSR count). The molecular formula is C30H36FN5O. The zero-order chi connectivity index (χ0) is 26.0. The molecule has 1 amide bonds. The highest BCUT2D eigenvalue weighted by molar-refractivity contribution is 5.93. The van der Waals surface area contributed by atoms with Crippen molar-refractivity contribution in [1.82, 2.24) is 19.4 Å². The van der Waals surface area contributed by atoms with Gasteiger partial charge in [0.2, 0.25) is 5.91 Å². The molecule has 2 aromatic heterocycles. The molecule has 7 heteroatoms. The number of primary amides is 1. The van der Waals surface area contributed by atoms with Crippen LogP contribution in [0.25, 0.3) is 22.2 Å². The van der Waals surface area contributed by atoms with Crippen molar-refractivity contribution in [2.75, 3.05) is 32.7 Å². The molecule has 0 saturated carbocycles. The summed E-state index contributed by atoms with van der Waals surface area (Å²) in [7, 11) is 0. The van der Waals surface area contributed by atoms with Crippen molar-refractivity contribution in [1.29, 1.82) is 0 Å². The molecule has 3 aromatic rings. The summed E-state index contributed by atoms with van der Waals surface area (Å²) in [5, 5.41) is 1.12. The lowest BCUT2D eigenvalue weighted by Crippen LogP contribution is -2.49. The van der Waals surface area contributed by atoms with E-state index < -0.39 is 5.67 Å². The number of benzene rings is 1. The van der Waals surface area contributed by atoms with Crippen molar-refractivity contribution >= 4 is 16.9 Å². The van der Waals surface area contributed by atoms with E-state index in [9.17, 15) is 9.18 Å². The number of amides is 1. The van der Waals surface area contributed by atoms with Crippen LogP contribution < -0.4 is 5.73 Å². The first-order valence-electron chi connectivity index (χ1n) is 13.1. The topological polar surface area (TPSA) is 67.4 Å². The molecule has 1 unspecified atom stereocenters. The fourth-order valence-electron chi connectivity index (χ4n) is 5.34. The molecular weight excluding hydrogens is 465 g/mol. The minimum atomic E-state index is -1.14. The van der Waals surface area contributed by atoms with Crippen LogP contribution in [0.4, 0.5) is 4.39 Å². The molecule has 3 heterocycles. The average Bonchev–Trinajstić information content (AvgIpc) is 3.28. The van der Waals surface area contributed by atoms with E-state index in [4.69, 9.17) is 5.73 Å². The Morgan fingerprint density at radius 3 is 2.43 bits per heavy atom.